The lowest BCUT2D eigenvalue weighted by molar-refractivity contribution is 0.0731. The maximum absolute atomic E-state index is 13.9. The van der Waals surface area contributed by atoms with Crippen molar-refractivity contribution in [2.24, 2.45) is 0 Å². The lowest BCUT2D eigenvalue weighted by Crippen LogP contribution is -2.40. The lowest BCUT2D eigenvalue weighted by atomic mass is 9.97. The van der Waals surface area contributed by atoms with Crippen molar-refractivity contribution in [3.8, 4) is 0 Å². The average Bonchev–Trinajstić information content (AvgIpc) is 2.89. The summed E-state index contributed by atoms with van der Waals surface area (Å²) in [6.07, 6.45) is 3.91. The fourth-order valence-electron chi connectivity index (χ4n) is 4.93. The topological polar surface area (TPSA) is 55.2 Å². The zero-order valence-corrected chi connectivity index (χ0v) is 20.0. The van der Waals surface area contributed by atoms with E-state index >= 15 is 0 Å². The van der Waals surface area contributed by atoms with E-state index in [1.54, 1.807) is 12.3 Å². The smallest absolute Gasteiger partial charge is 0.259 e. The standard InChI is InChI=1S/C30H29N3O2/c1-22-19-28(34)29(30(35)32-18-16-24-11-5-6-12-25(24)20-32)27(15-14-23-9-3-2-4-10-23)33(22)21-26-13-7-8-17-31-26/h2-13,17,19H,14-16,18,20-21H2,1H3. The molecule has 1 aliphatic heterocycles. The monoisotopic (exact) mass is 463 g/mol. The molecule has 0 aliphatic carbocycles. The van der Waals surface area contributed by atoms with E-state index < -0.39 is 0 Å². The van der Waals surface area contributed by atoms with Gasteiger partial charge in [0.1, 0.15) is 5.56 Å². The quantitative estimate of drug-likeness (QED) is 0.421. The predicted molar refractivity (Wildman–Crippen MR) is 138 cm³/mol. The molecular weight excluding hydrogens is 434 g/mol. The fraction of sp³-hybridized carbons (Fsp3) is 0.233. The number of aromatic nitrogens is 2. The van der Waals surface area contributed by atoms with Crippen LogP contribution in [-0.4, -0.2) is 26.9 Å². The van der Waals surface area contributed by atoms with Gasteiger partial charge >= 0.3 is 0 Å². The van der Waals surface area contributed by atoms with Gasteiger partial charge in [0.25, 0.3) is 5.91 Å². The Kier molecular flexibility index (Phi) is 6.57. The third kappa shape index (κ3) is 4.94. The number of carbonyl (C=O) groups is 1. The predicted octanol–water partition coefficient (Wildman–Crippen LogP) is 4.58. The van der Waals surface area contributed by atoms with Gasteiger partial charge < -0.3 is 9.47 Å². The molecule has 5 heteroatoms. The summed E-state index contributed by atoms with van der Waals surface area (Å²) in [6, 6.07) is 25.8. The van der Waals surface area contributed by atoms with Gasteiger partial charge in [0.2, 0.25) is 0 Å². The minimum atomic E-state index is -0.202. The molecule has 1 amide bonds. The summed E-state index contributed by atoms with van der Waals surface area (Å²) in [4.78, 5) is 33.5. The van der Waals surface area contributed by atoms with Crippen LogP contribution in [0.2, 0.25) is 0 Å². The molecule has 0 unspecified atom stereocenters. The van der Waals surface area contributed by atoms with Gasteiger partial charge in [0, 0.05) is 36.7 Å². The highest BCUT2D eigenvalue weighted by atomic mass is 16.2. The van der Waals surface area contributed by atoms with Crippen LogP contribution in [0, 0.1) is 6.92 Å². The van der Waals surface area contributed by atoms with Gasteiger partial charge in [-0.2, -0.15) is 0 Å². The third-order valence-electron chi connectivity index (χ3n) is 6.80. The van der Waals surface area contributed by atoms with Gasteiger partial charge in [-0.15, -0.1) is 0 Å². The molecule has 5 nitrogen and oxygen atoms in total. The van der Waals surface area contributed by atoms with E-state index in [1.807, 2.05) is 60.4 Å². The second-order valence-electron chi connectivity index (χ2n) is 9.11. The number of nitrogens with zero attached hydrogens (tertiary/aromatic N) is 3. The number of fused-ring (bicyclic) bond motifs is 1. The van der Waals surface area contributed by atoms with E-state index in [4.69, 9.17) is 0 Å². The molecule has 4 aromatic rings. The highest BCUT2D eigenvalue weighted by molar-refractivity contribution is 5.95. The molecule has 0 radical (unpaired) electrons. The van der Waals surface area contributed by atoms with Crippen molar-refractivity contribution in [1.82, 2.24) is 14.5 Å². The summed E-state index contributed by atoms with van der Waals surface area (Å²) in [5.74, 6) is -0.178. The van der Waals surface area contributed by atoms with Gasteiger partial charge in [0.05, 0.1) is 12.2 Å². The summed E-state index contributed by atoms with van der Waals surface area (Å²) < 4.78 is 2.10. The Morgan fingerprint density at radius 3 is 2.43 bits per heavy atom. The largest absolute Gasteiger partial charge is 0.342 e. The molecule has 0 spiro atoms. The summed E-state index contributed by atoms with van der Waals surface area (Å²) in [5, 5.41) is 0. The van der Waals surface area contributed by atoms with Crippen LogP contribution in [0.25, 0.3) is 0 Å². The number of carbonyl (C=O) groups excluding carboxylic acids is 1. The van der Waals surface area contributed by atoms with Crippen LogP contribution >= 0.6 is 0 Å². The zero-order chi connectivity index (χ0) is 24.2. The number of hydrogen-bond acceptors (Lipinski definition) is 3. The van der Waals surface area contributed by atoms with E-state index in [2.05, 4.69) is 33.8 Å². The van der Waals surface area contributed by atoms with Crippen molar-refractivity contribution in [3.05, 3.63) is 135 Å². The molecule has 0 saturated carbocycles. The van der Waals surface area contributed by atoms with Crippen LogP contribution in [0.1, 0.15) is 44.1 Å². The number of amides is 1. The Labute approximate surface area is 205 Å². The van der Waals surface area contributed by atoms with Gasteiger partial charge in [-0.05, 0) is 55.0 Å². The van der Waals surface area contributed by atoms with Crippen LogP contribution in [0.15, 0.2) is 89.9 Å². The molecule has 2 aromatic heterocycles. The van der Waals surface area contributed by atoms with Gasteiger partial charge in [0.15, 0.2) is 5.43 Å². The third-order valence-corrected chi connectivity index (χ3v) is 6.80. The maximum Gasteiger partial charge on any atom is 0.259 e. The van der Waals surface area contributed by atoms with E-state index in [1.165, 1.54) is 11.1 Å². The maximum atomic E-state index is 13.9. The molecule has 0 saturated heterocycles. The molecule has 0 fully saturated rings. The van der Waals surface area contributed by atoms with Crippen molar-refractivity contribution in [2.75, 3.05) is 6.54 Å². The van der Waals surface area contributed by atoms with E-state index in [9.17, 15) is 9.59 Å². The van der Waals surface area contributed by atoms with Crippen molar-refractivity contribution >= 4 is 5.91 Å². The second kappa shape index (κ2) is 10.1. The van der Waals surface area contributed by atoms with Gasteiger partial charge in [-0.25, -0.2) is 0 Å². The highest BCUT2D eigenvalue weighted by Crippen LogP contribution is 2.22. The first-order valence-corrected chi connectivity index (χ1v) is 12.1. The molecule has 35 heavy (non-hydrogen) atoms. The number of benzene rings is 2. The molecule has 0 bridgehead atoms. The van der Waals surface area contributed by atoms with Crippen LogP contribution in [0.4, 0.5) is 0 Å². The van der Waals surface area contributed by atoms with Crippen LogP contribution in [0.5, 0.6) is 0 Å². The van der Waals surface area contributed by atoms with E-state index in [0.717, 1.165) is 35.5 Å². The molecule has 2 aromatic carbocycles. The molecular formula is C30H29N3O2. The van der Waals surface area contributed by atoms with E-state index in [-0.39, 0.29) is 11.3 Å². The Balaban J connectivity index is 1.55. The second-order valence-corrected chi connectivity index (χ2v) is 9.11. The number of aryl methyl sites for hydroxylation is 2. The Bertz CT molecular complexity index is 1390. The summed E-state index contributed by atoms with van der Waals surface area (Å²) in [7, 11) is 0. The average molecular weight is 464 g/mol. The number of rotatable bonds is 6. The Morgan fingerprint density at radius 1 is 0.914 bits per heavy atom. The minimum Gasteiger partial charge on any atom is -0.342 e. The Hall–Kier alpha value is -3.99. The Morgan fingerprint density at radius 2 is 1.66 bits per heavy atom. The molecule has 3 heterocycles. The van der Waals surface area contributed by atoms with Crippen molar-refractivity contribution < 1.29 is 4.79 Å². The zero-order valence-electron chi connectivity index (χ0n) is 20.0. The first-order valence-electron chi connectivity index (χ1n) is 12.1. The molecule has 176 valence electrons. The molecule has 0 atom stereocenters. The van der Waals surface area contributed by atoms with Crippen LogP contribution < -0.4 is 5.43 Å². The van der Waals surface area contributed by atoms with Crippen molar-refractivity contribution in [1.29, 1.82) is 0 Å². The van der Waals surface area contributed by atoms with Crippen molar-refractivity contribution in [2.45, 2.75) is 39.3 Å². The fourth-order valence-corrected chi connectivity index (χ4v) is 4.93. The van der Waals surface area contributed by atoms with E-state index in [0.29, 0.717) is 31.6 Å². The van der Waals surface area contributed by atoms with Gasteiger partial charge in [-0.1, -0.05) is 60.7 Å². The van der Waals surface area contributed by atoms with Gasteiger partial charge in [-0.3, -0.25) is 14.6 Å². The molecule has 5 rings (SSSR count). The van der Waals surface area contributed by atoms with Crippen molar-refractivity contribution in [3.63, 3.8) is 0 Å². The molecule has 0 N–H and O–H groups in total. The summed E-state index contributed by atoms with van der Waals surface area (Å²) >= 11 is 0. The number of hydrogen-bond donors (Lipinski definition) is 0. The SMILES string of the molecule is Cc1cc(=O)c(C(=O)N2CCc3ccccc3C2)c(CCc2ccccc2)n1Cc1ccccn1. The normalized spacial score (nSPS) is 12.9. The van der Waals surface area contributed by atoms with Crippen LogP contribution in [0.3, 0.4) is 0 Å². The highest BCUT2D eigenvalue weighted by Gasteiger charge is 2.27. The first kappa shape index (κ1) is 22.8. The first-order chi connectivity index (χ1) is 17.1. The summed E-state index contributed by atoms with van der Waals surface area (Å²) in [5.41, 5.74) is 6.21. The minimum absolute atomic E-state index is 0.178. The molecule has 1 aliphatic rings. The summed E-state index contributed by atoms with van der Waals surface area (Å²) in [6.45, 7) is 3.59. The van der Waals surface area contributed by atoms with Crippen LogP contribution in [-0.2, 0) is 32.4 Å². The number of pyridine rings is 2. The lowest BCUT2D eigenvalue weighted by Gasteiger charge is -2.30.